The molecule has 0 aliphatic carbocycles. The third-order valence-corrected chi connectivity index (χ3v) is 4.50. The van der Waals surface area contributed by atoms with Crippen LogP contribution in [0.25, 0.3) is 10.9 Å². The van der Waals surface area contributed by atoms with Crippen LogP contribution in [0.1, 0.15) is 24.4 Å². The second-order valence-corrected chi connectivity index (χ2v) is 5.93. The van der Waals surface area contributed by atoms with Crippen molar-refractivity contribution in [3.63, 3.8) is 0 Å². The quantitative estimate of drug-likeness (QED) is 0.803. The van der Waals surface area contributed by atoms with Gasteiger partial charge < -0.3 is 14.3 Å². The molecule has 6 nitrogen and oxygen atoms in total. The number of ether oxygens (including phenoxy) is 1. The van der Waals surface area contributed by atoms with Crippen LogP contribution in [0, 0.1) is 0 Å². The summed E-state index contributed by atoms with van der Waals surface area (Å²) in [7, 11) is 0. The highest BCUT2D eigenvalue weighted by atomic mass is 16.5. The highest BCUT2D eigenvalue weighted by Crippen LogP contribution is 2.24. The Morgan fingerprint density at radius 2 is 2.30 bits per heavy atom. The number of morpholine rings is 1. The number of nitrogens with one attached hydrogen (secondary N) is 1. The fourth-order valence-electron chi connectivity index (χ4n) is 3.29. The van der Waals surface area contributed by atoms with E-state index in [2.05, 4.69) is 55.8 Å². The molecule has 1 aliphatic rings. The van der Waals surface area contributed by atoms with Crippen molar-refractivity contribution >= 4 is 10.9 Å². The fraction of sp³-hybridized carbons (Fsp3) is 0.412. The Bertz CT molecular complexity index is 793. The highest BCUT2D eigenvalue weighted by Gasteiger charge is 2.26. The van der Waals surface area contributed by atoms with Crippen molar-refractivity contribution in [2.45, 2.75) is 26.1 Å². The first-order valence-corrected chi connectivity index (χ1v) is 8.12. The average molecular weight is 311 g/mol. The Morgan fingerprint density at radius 3 is 3.22 bits per heavy atom. The number of aromatic nitrogens is 4. The van der Waals surface area contributed by atoms with Crippen molar-refractivity contribution in [2.75, 3.05) is 19.7 Å². The number of rotatable bonds is 4. The maximum atomic E-state index is 5.93. The number of hydrogen-bond acceptors (Lipinski definition) is 4. The van der Waals surface area contributed by atoms with Crippen LogP contribution in [0.3, 0.4) is 0 Å². The Labute approximate surface area is 135 Å². The summed E-state index contributed by atoms with van der Waals surface area (Å²) >= 11 is 0. The summed E-state index contributed by atoms with van der Waals surface area (Å²) < 4.78 is 7.99. The molecule has 0 unspecified atom stereocenters. The zero-order chi connectivity index (χ0) is 15.6. The third kappa shape index (κ3) is 2.75. The predicted molar refractivity (Wildman–Crippen MR) is 88.0 cm³/mol. The molecule has 0 spiro atoms. The van der Waals surface area contributed by atoms with Gasteiger partial charge in [0.2, 0.25) is 0 Å². The standard InChI is InChI=1S/C17H21N5O/c1-2-22-12-19-20-17(22)16-11-21(8-9-23-16)10-13-4-3-5-15-14(13)6-7-18-15/h3-7,12,16,18H,2,8-11H2,1H3/t16-/m1/s1. The normalized spacial score (nSPS) is 19.4. The third-order valence-electron chi connectivity index (χ3n) is 4.50. The molecule has 120 valence electrons. The molecule has 1 aliphatic heterocycles. The van der Waals surface area contributed by atoms with Crippen LogP contribution in [0.5, 0.6) is 0 Å². The summed E-state index contributed by atoms with van der Waals surface area (Å²) in [6.45, 7) is 6.40. The van der Waals surface area contributed by atoms with Crippen molar-refractivity contribution in [2.24, 2.45) is 0 Å². The molecule has 1 N–H and O–H groups in total. The molecule has 23 heavy (non-hydrogen) atoms. The number of fused-ring (bicyclic) bond motifs is 1. The average Bonchev–Trinajstić information content (AvgIpc) is 3.24. The van der Waals surface area contributed by atoms with Gasteiger partial charge in [-0.25, -0.2) is 0 Å². The molecule has 3 heterocycles. The first kappa shape index (κ1) is 14.4. The van der Waals surface area contributed by atoms with Gasteiger partial charge in [0.25, 0.3) is 0 Å². The van der Waals surface area contributed by atoms with Crippen LogP contribution in [0.15, 0.2) is 36.8 Å². The zero-order valence-corrected chi connectivity index (χ0v) is 13.3. The molecule has 3 aromatic rings. The largest absolute Gasteiger partial charge is 0.368 e. The summed E-state index contributed by atoms with van der Waals surface area (Å²) in [5, 5.41) is 9.57. The van der Waals surface area contributed by atoms with E-state index in [-0.39, 0.29) is 6.10 Å². The van der Waals surface area contributed by atoms with Crippen LogP contribution in [0.2, 0.25) is 0 Å². The maximum absolute atomic E-state index is 5.93. The van der Waals surface area contributed by atoms with Crippen molar-refractivity contribution in [3.8, 4) is 0 Å². The summed E-state index contributed by atoms with van der Waals surface area (Å²) in [6, 6.07) is 8.58. The van der Waals surface area contributed by atoms with Gasteiger partial charge >= 0.3 is 0 Å². The van der Waals surface area contributed by atoms with Crippen LogP contribution < -0.4 is 0 Å². The first-order valence-electron chi connectivity index (χ1n) is 8.12. The molecule has 1 fully saturated rings. The molecule has 0 amide bonds. The molecular formula is C17H21N5O. The lowest BCUT2D eigenvalue weighted by molar-refractivity contribution is -0.0387. The summed E-state index contributed by atoms with van der Waals surface area (Å²) in [5.74, 6) is 0.928. The molecule has 1 atom stereocenters. The lowest BCUT2D eigenvalue weighted by Gasteiger charge is -2.32. The van der Waals surface area contributed by atoms with Crippen molar-refractivity contribution < 1.29 is 4.74 Å². The molecule has 4 rings (SSSR count). The van der Waals surface area contributed by atoms with Crippen molar-refractivity contribution in [1.82, 2.24) is 24.6 Å². The SMILES string of the molecule is CCn1cnnc1[C@H]1CN(Cc2cccc3[nH]ccc23)CCO1. The van der Waals surface area contributed by atoms with E-state index < -0.39 is 0 Å². The lowest BCUT2D eigenvalue weighted by atomic mass is 10.1. The molecular weight excluding hydrogens is 290 g/mol. The molecule has 0 bridgehead atoms. The van der Waals surface area contributed by atoms with E-state index in [1.165, 1.54) is 16.5 Å². The monoisotopic (exact) mass is 311 g/mol. The van der Waals surface area contributed by atoms with Gasteiger partial charge in [0.15, 0.2) is 5.82 Å². The molecule has 1 saturated heterocycles. The van der Waals surface area contributed by atoms with E-state index in [1.807, 2.05) is 6.20 Å². The molecule has 6 heteroatoms. The van der Waals surface area contributed by atoms with Crippen LogP contribution >= 0.6 is 0 Å². The number of aromatic amines is 1. The second kappa shape index (κ2) is 6.14. The number of hydrogen-bond donors (Lipinski definition) is 1. The Balaban J connectivity index is 1.53. The van der Waals surface area contributed by atoms with Gasteiger partial charge in [-0.3, -0.25) is 4.90 Å². The smallest absolute Gasteiger partial charge is 0.163 e. The predicted octanol–water partition coefficient (Wildman–Crippen LogP) is 2.35. The lowest BCUT2D eigenvalue weighted by Crippen LogP contribution is -2.38. The Kier molecular flexibility index (Phi) is 3.85. The van der Waals surface area contributed by atoms with E-state index in [0.29, 0.717) is 0 Å². The molecule has 1 aromatic carbocycles. The van der Waals surface area contributed by atoms with E-state index >= 15 is 0 Å². The van der Waals surface area contributed by atoms with Gasteiger partial charge in [0.05, 0.1) is 6.61 Å². The van der Waals surface area contributed by atoms with Crippen molar-refractivity contribution in [3.05, 3.63) is 48.2 Å². The minimum Gasteiger partial charge on any atom is -0.368 e. The number of aryl methyl sites for hydroxylation is 1. The summed E-state index contributed by atoms with van der Waals surface area (Å²) in [5.41, 5.74) is 2.54. The fourth-order valence-corrected chi connectivity index (χ4v) is 3.29. The van der Waals surface area contributed by atoms with Gasteiger partial charge in [-0.2, -0.15) is 0 Å². The van der Waals surface area contributed by atoms with E-state index in [9.17, 15) is 0 Å². The van der Waals surface area contributed by atoms with Crippen LogP contribution in [0.4, 0.5) is 0 Å². The van der Waals surface area contributed by atoms with E-state index in [4.69, 9.17) is 4.74 Å². The number of H-pyrrole nitrogens is 1. The van der Waals surface area contributed by atoms with E-state index in [1.54, 1.807) is 6.33 Å². The van der Waals surface area contributed by atoms with Crippen LogP contribution in [-0.4, -0.2) is 44.3 Å². The molecule has 0 radical (unpaired) electrons. The first-order chi connectivity index (χ1) is 11.3. The molecule has 2 aromatic heterocycles. The highest BCUT2D eigenvalue weighted by molar-refractivity contribution is 5.82. The van der Waals surface area contributed by atoms with Gasteiger partial charge in [-0.15, -0.1) is 10.2 Å². The number of nitrogens with zero attached hydrogens (tertiary/aromatic N) is 4. The number of benzene rings is 1. The summed E-state index contributed by atoms with van der Waals surface area (Å²) in [4.78, 5) is 5.71. The zero-order valence-electron chi connectivity index (χ0n) is 13.3. The van der Waals surface area contributed by atoms with Gasteiger partial charge in [0.1, 0.15) is 12.4 Å². The topological polar surface area (TPSA) is 59.0 Å². The van der Waals surface area contributed by atoms with Gasteiger partial charge in [-0.1, -0.05) is 12.1 Å². The van der Waals surface area contributed by atoms with E-state index in [0.717, 1.165) is 38.6 Å². The Morgan fingerprint density at radius 1 is 1.35 bits per heavy atom. The minimum absolute atomic E-state index is 0.00312. The maximum Gasteiger partial charge on any atom is 0.163 e. The minimum atomic E-state index is -0.00312. The second-order valence-electron chi connectivity index (χ2n) is 5.93. The van der Waals surface area contributed by atoms with Crippen molar-refractivity contribution in [1.29, 1.82) is 0 Å². The Hall–Kier alpha value is -2.18. The molecule has 0 saturated carbocycles. The van der Waals surface area contributed by atoms with Gasteiger partial charge in [-0.05, 0) is 24.6 Å². The van der Waals surface area contributed by atoms with Gasteiger partial charge in [0, 0.05) is 43.3 Å². The van der Waals surface area contributed by atoms with Crippen LogP contribution in [-0.2, 0) is 17.8 Å². The summed E-state index contributed by atoms with van der Waals surface area (Å²) in [6.07, 6.45) is 3.77.